The molecule has 122 valence electrons. The molecule has 1 atom stereocenters. The fourth-order valence-corrected chi connectivity index (χ4v) is 2.67. The van der Waals surface area contributed by atoms with Gasteiger partial charge in [-0.15, -0.1) is 0 Å². The van der Waals surface area contributed by atoms with Gasteiger partial charge in [-0.1, -0.05) is 29.8 Å². The average Bonchev–Trinajstić information content (AvgIpc) is 2.97. The molecule has 0 bridgehead atoms. The quantitative estimate of drug-likeness (QED) is 0.563. The number of benzene rings is 2. The van der Waals surface area contributed by atoms with Crippen LogP contribution in [-0.4, -0.2) is 22.8 Å². The third kappa shape index (κ3) is 3.03. The van der Waals surface area contributed by atoms with Gasteiger partial charge in [-0.3, -0.25) is 4.79 Å². The molecule has 0 aliphatic heterocycles. The predicted octanol–water partition coefficient (Wildman–Crippen LogP) is 4.39. The highest BCUT2D eigenvalue weighted by Gasteiger charge is 2.23. The van der Waals surface area contributed by atoms with Gasteiger partial charge in [-0.05, 0) is 31.2 Å². The van der Waals surface area contributed by atoms with Crippen LogP contribution in [0.25, 0.3) is 10.9 Å². The summed E-state index contributed by atoms with van der Waals surface area (Å²) in [4.78, 5) is 27.7. The topological polar surface area (TPSA) is 59.2 Å². The second kappa shape index (κ2) is 6.45. The molecule has 6 heteroatoms. The van der Waals surface area contributed by atoms with Gasteiger partial charge in [0.05, 0.1) is 10.6 Å². The number of hydrogen-bond acceptors (Lipinski definition) is 3. The first-order chi connectivity index (χ1) is 11.5. The number of carbonyl (C=O) groups is 2. The van der Waals surface area contributed by atoms with Crippen molar-refractivity contribution in [2.75, 3.05) is 0 Å². The van der Waals surface area contributed by atoms with Crippen LogP contribution in [-0.2, 0) is 4.74 Å². The Labute approximate surface area is 142 Å². The summed E-state index contributed by atoms with van der Waals surface area (Å²) in [5.41, 5.74) is 1.27. The Kier molecular flexibility index (Phi) is 4.36. The van der Waals surface area contributed by atoms with Crippen LogP contribution in [0.1, 0.15) is 27.6 Å². The molecule has 0 unspecified atom stereocenters. The Hall–Kier alpha value is -2.66. The molecule has 0 aliphatic carbocycles. The van der Waals surface area contributed by atoms with Crippen molar-refractivity contribution in [1.29, 1.82) is 0 Å². The van der Waals surface area contributed by atoms with E-state index in [1.165, 1.54) is 13.0 Å². The van der Waals surface area contributed by atoms with E-state index in [0.29, 0.717) is 5.56 Å². The second-order valence-electron chi connectivity index (χ2n) is 5.28. The van der Waals surface area contributed by atoms with Crippen molar-refractivity contribution >= 4 is 34.3 Å². The Morgan fingerprint density at radius 1 is 1.17 bits per heavy atom. The molecule has 4 nitrogen and oxygen atoms in total. The third-order valence-corrected chi connectivity index (χ3v) is 3.97. The lowest BCUT2D eigenvalue weighted by Crippen LogP contribution is -2.24. The van der Waals surface area contributed by atoms with E-state index < -0.39 is 17.9 Å². The van der Waals surface area contributed by atoms with Gasteiger partial charge in [0.1, 0.15) is 5.82 Å². The first-order valence-electron chi connectivity index (χ1n) is 7.23. The lowest BCUT2D eigenvalue weighted by atomic mass is 10.1. The summed E-state index contributed by atoms with van der Waals surface area (Å²) in [6.07, 6.45) is 0.584. The lowest BCUT2D eigenvalue weighted by Gasteiger charge is -2.12. The third-order valence-electron chi connectivity index (χ3n) is 3.66. The van der Waals surface area contributed by atoms with Crippen molar-refractivity contribution in [2.45, 2.75) is 13.0 Å². The molecule has 0 aliphatic rings. The lowest BCUT2D eigenvalue weighted by molar-refractivity contribution is 0.0319. The number of nitrogens with one attached hydrogen (secondary N) is 1. The molecule has 24 heavy (non-hydrogen) atoms. The fraction of sp³-hybridized carbons (Fsp3) is 0.111. The number of H-pyrrole nitrogens is 1. The van der Waals surface area contributed by atoms with E-state index in [2.05, 4.69) is 4.98 Å². The van der Waals surface area contributed by atoms with Gasteiger partial charge in [0, 0.05) is 22.7 Å². The van der Waals surface area contributed by atoms with Crippen LogP contribution in [0.5, 0.6) is 0 Å². The van der Waals surface area contributed by atoms with Gasteiger partial charge in [0.25, 0.3) is 0 Å². The Morgan fingerprint density at radius 3 is 2.67 bits per heavy atom. The largest absolute Gasteiger partial charge is 0.451 e. The van der Waals surface area contributed by atoms with E-state index >= 15 is 0 Å². The first-order valence-corrected chi connectivity index (χ1v) is 7.61. The van der Waals surface area contributed by atoms with E-state index in [0.717, 1.165) is 23.0 Å². The molecular formula is C18H13ClFNO3. The molecule has 0 saturated heterocycles. The minimum Gasteiger partial charge on any atom is -0.451 e. The first kappa shape index (κ1) is 16.2. The number of halogens is 2. The molecule has 0 amide bonds. The molecule has 3 rings (SSSR count). The second-order valence-corrected chi connectivity index (χ2v) is 5.69. The van der Waals surface area contributed by atoms with E-state index in [-0.39, 0.29) is 16.4 Å². The van der Waals surface area contributed by atoms with E-state index in [4.69, 9.17) is 16.3 Å². The number of carbonyl (C=O) groups excluding carboxylic acids is 2. The maximum Gasteiger partial charge on any atom is 0.340 e. The average molecular weight is 346 g/mol. The normalized spacial score (nSPS) is 12.1. The number of fused-ring (bicyclic) bond motifs is 1. The van der Waals surface area contributed by atoms with Crippen LogP contribution < -0.4 is 0 Å². The summed E-state index contributed by atoms with van der Waals surface area (Å²) >= 11 is 5.83. The summed E-state index contributed by atoms with van der Waals surface area (Å²) in [6, 6.07) is 10.7. The molecule has 0 spiro atoms. The number of ketones is 1. The molecule has 0 saturated carbocycles. The van der Waals surface area contributed by atoms with Crippen LogP contribution in [0.4, 0.5) is 4.39 Å². The van der Waals surface area contributed by atoms with Crippen LogP contribution in [0, 0.1) is 5.82 Å². The zero-order chi connectivity index (χ0) is 17.3. The van der Waals surface area contributed by atoms with Gasteiger partial charge >= 0.3 is 5.97 Å². The molecule has 3 aromatic rings. The fourth-order valence-electron chi connectivity index (χ4n) is 2.43. The van der Waals surface area contributed by atoms with Crippen LogP contribution in [0.3, 0.4) is 0 Å². The zero-order valence-electron chi connectivity index (χ0n) is 12.7. The van der Waals surface area contributed by atoms with Crippen molar-refractivity contribution in [3.05, 3.63) is 70.6 Å². The number of hydrogen-bond donors (Lipinski definition) is 1. The number of esters is 1. The van der Waals surface area contributed by atoms with Gasteiger partial charge in [-0.25, -0.2) is 9.18 Å². The van der Waals surface area contributed by atoms with Crippen molar-refractivity contribution in [1.82, 2.24) is 4.98 Å². The van der Waals surface area contributed by atoms with Crippen molar-refractivity contribution in [3.63, 3.8) is 0 Å². The smallest absolute Gasteiger partial charge is 0.340 e. The maximum absolute atomic E-state index is 13.0. The van der Waals surface area contributed by atoms with Gasteiger partial charge in [0.2, 0.25) is 5.78 Å². The zero-order valence-corrected chi connectivity index (χ0v) is 13.4. The Bertz CT molecular complexity index is 935. The van der Waals surface area contributed by atoms with Crippen molar-refractivity contribution in [3.8, 4) is 0 Å². The number of ether oxygens (including phenoxy) is 1. The number of Topliss-reactive ketones (excluding diaryl/α,β-unsaturated/α-hetero) is 1. The molecule has 1 aromatic heterocycles. The highest BCUT2D eigenvalue weighted by molar-refractivity contribution is 6.33. The van der Waals surface area contributed by atoms with Crippen LogP contribution >= 0.6 is 11.6 Å². The summed E-state index contributed by atoms with van der Waals surface area (Å²) in [6.45, 7) is 1.49. The number of aromatic amines is 1. The summed E-state index contributed by atoms with van der Waals surface area (Å²) < 4.78 is 18.2. The van der Waals surface area contributed by atoms with E-state index in [9.17, 15) is 14.0 Å². The highest BCUT2D eigenvalue weighted by Crippen LogP contribution is 2.22. The van der Waals surface area contributed by atoms with E-state index in [1.54, 1.807) is 6.20 Å². The standard InChI is InChI=1S/C18H13ClFNO3/c1-10(24-18(23)13-7-6-11(20)8-15(13)19)17(22)14-9-21-16-5-3-2-4-12(14)16/h2-10,21H,1H3/t10-/m1/s1. The molecule has 0 fully saturated rings. The molecule has 0 radical (unpaired) electrons. The minimum atomic E-state index is -1.00. The van der Waals surface area contributed by atoms with Crippen LogP contribution in [0.2, 0.25) is 5.02 Å². The Morgan fingerprint density at radius 2 is 1.92 bits per heavy atom. The van der Waals surface area contributed by atoms with Crippen molar-refractivity contribution in [2.24, 2.45) is 0 Å². The summed E-state index contributed by atoms with van der Waals surface area (Å²) in [7, 11) is 0. The predicted molar refractivity (Wildman–Crippen MR) is 88.9 cm³/mol. The van der Waals surface area contributed by atoms with Gasteiger partial charge < -0.3 is 9.72 Å². The van der Waals surface area contributed by atoms with Crippen molar-refractivity contribution < 1.29 is 18.7 Å². The molecule has 1 N–H and O–H groups in total. The number of rotatable bonds is 4. The summed E-state index contributed by atoms with van der Waals surface area (Å²) in [5.74, 6) is -1.67. The minimum absolute atomic E-state index is 0.0108. The van der Waals surface area contributed by atoms with Gasteiger partial charge in [0.15, 0.2) is 6.10 Å². The molecule has 1 heterocycles. The summed E-state index contributed by atoms with van der Waals surface area (Å²) in [5, 5.41) is 0.692. The number of aromatic nitrogens is 1. The Balaban J connectivity index is 1.80. The molecular weight excluding hydrogens is 333 g/mol. The van der Waals surface area contributed by atoms with Gasteiger partial charge in [-0.2, -0.15) is 0 Å². The van der Waals surface area contributed by atoms with E-state index in [1.807, 2.05) is 24.3 Å². The maximum atomic E-state index is 13.0. The number of para-hydroxylation sites is 1. The SMILES string of the molecule is C[C@@H](OC(=O)c1ccc(F)cc1Cl)C(=O)c1c[nH]c2ccccc12. The highest BCUT2D eigenvalue weighted by atomic mass is 35.5. The van der Waals surface area contributed by atoms with Crippen LogP contribution in [0.15, 0.2) is 48.7 Å². The monoisotopic (exact) mass is 345 g/mol. The molecule has 2 aromatic carbocycles.